The van der Waals surface area contributed by atoms with Crippen LogP contribution in [-0.2, 0) is 14.4 Å². The number of piperidine rings is 1. The number of anilines is 3. The highest BCUT2D eigenvalue weighted by Gasteiger charge is 2.25. The van der Waals surface area contributed by atoms with Crippen LogP contribution in [0.4, 0.5) is 17.2 Å². The zero-order valence-electron chi connectivity index (χ0n) is 26.2. The fourth-order valence-corrected chi connectivity index (χ4v) is 5.30. The van der Waals surface area contributed by atoms with E-state index in [1.54, 1.807) is 36.4 Å². The number of aromatic nitrogens is 4. The quantitative estimate of drug-likeness (QED) is 0.168. The van der Waals surface area contributed by atoms with Crippen LogP contribution in [0.2, 0.25) is 0 Å². The fourth-order valence-electron chi connectivity index (χ4n) is 5.30. The molecule has 0 atom stereocenters. The molecule has 244 valence electrons. The van der Waals surface area contributed by atoms with Crippen molar-refractivity contribution in [1.82, 2.24) is 25.1 Å². The van der Waals surface area contributed by atoms with Gasteiger partial charge in [0.05, 0.1) is 24.2 Å². The molecule has 1 saturated heterocycles. The molecule has 2 aromatic carbocycles. The van der Waals surface area contributed by atoms with Crippen molar-refractivity contribution in [2.45, 2.75) is 39.7 Å². The average Bonchev–Trinajstić information content (AvgIpc) is 3.63. The smallest absolute Gasteiger partial charge is 0.300 e. The molecule has 0 saturated carbocycles. The van der Waals surface area contributed by atoms with Gasteiger partial charge in [-0.2, -0.15) is 5.10 Å². The first-order valence-electron chi connectivity index (χ1n) is 14.8. The molecule has 3 amide bonds. The van der Waals surface area contributed by atoms with Crippen molar-refractivity contribution in [3.05, 3.63) is 54.6 Å². The topological polar surface area (TPSA) is 203 Å². The molecule has 6 rings (SSSR count). The average molecular weight is 643 g/mol. The summed E-state index contributed by atoms with van der Waals surface area (Å²) < 4.78 is 13.3. The Morgan fingerprint density at radius 1 is 0.957 bits per heavy atom. The van der Waals surface area contributed by atoms with Crippen molar-refractivity contribution in [2.75, 3.05) is 36.1 Å². The summed E-state index contributed by atoms with van der Waals surface area (Å²) in [6, 6.07) is 12.2. The second-order valence-electron chi connectivity index (χ2n) is 10.8. The van der Waals surface area contributed by atoms with E-state index in [1.165, 1.54) is 27.3 Å². The highest BCUT2D eigenvalue weighted by atomic mass is 16.5. The Morgan fingerprint density at radius 2 is 1.68 bits per heavy atom. The molecule has 1 fully saturated rings. The molecular formula is C32H34N8O7. The maximum absolute atomic E-state index is 13.2. The molecule has 4 heterocycles. The lowest BCUT2D eigenvalue weighted by atomic mass is 10.1. The molecule has 15 heteroatoms. The van der Waals surface area contributed by atoms with Gasteiger partial charge in [0.15, 0.2) is 11.4 Å². The molecule has 47 heavy (non-hydrogen) atoms. The van der Waals surface area contributed by atoms with Crippen LogP contribution < -0.4 is 26.0 Å². The Hall–Kier alpha value is -5.83. The van der Waals surface area contributed by atoms with Crippen molar-refractivity contribution in [3.8, 4) is 17.0 Å². The molecule has 0 spiro atoms. The first-order chi connectivity index (χ1) is 22.5. The van der Waals surface area contributed by atoms with Crippen molar-refractivity contribution in [3.63, 3.8) is 0 Å². The maximum atomic E-state index is 13.2. The van der Waals surface area contributed by atoms with Crippen molar-refractivity contribution in [1.29, 1.82) is 0 Å². The second-order valence-corrected chi connectivity index (χ2v) is 10.8. The van der Waals surface area contributed by atoms with E-state index in [0.717, 1.165) is 32.9 Å². The number of nitrogens with one attached hydrogen (secondary N) is 4. The van der Waals surface area contributed by atoms with Gasteiger partial charge in [0.25, 0.3) is 11.9 Å². The number of carbonyl (C=O) groups is 4. The second kappa shape index (κ2) is 14.1. The number of carboxylic acid groups (broad SMARTS) is 1. The number of nitrogens with zero attached hydrogens (tertiary/aromatic N) is 4. The summed E-state index contributed by atoms with van der Waals surface area (Å²) in [6.07, 6.45) is 3.20. The lowest BCUT2D eigenvalue weighted by Crippen LogP contribution is -2.30. The monoisotopic (exact) mass is 642 g/mol. The normalized spacial score (nSPS) is 13.0. The molecule has 1 aliphatic rings. The molecule has 0 aliphatic carbocycles. The Bertz CT molecular complexity index is 1970. The van der Waals surface area contributed by atoms with E-state index in [9.17, 15) is 14.4 Å². The molecule has 1 aliphatic heterocycles. The SMILES string of the molecule is CC(=O)O.COc1cc(-c2nn(C3CCNCC3)c3ncnc(NC(C)=O)c23)ccc1NC(=O)c1cc2cc(NC(C)=O)ccc2o1. The highest BCUT2D eigenvalue weighted by Crippen LogP contribution is 2.38. The first kappa shape index (κ1) is 32.6. The minimum absolute atomic E-state index is 0.102. The van der Waals surface area contributed by atoms with Gasteiger partial charge in [0, 0.05) is 37.4 Å². The number of carbonyl (C=O) groups excluding carboxylic acids is 3. The number of aliphatic carboxylic acids is 1. The number of hydrogen-bond donors (Lipinski definition) is 5. The van der Waals surface area contributed by atoms with E-state index in [-0.39, 0.29) is 23.6 Å². The number of hydrogen-bond acceptors (Lipinski definition) is 10. The number of amides is 3. The predicted molar refractivity (Wildman–Crippen MR) is 175 cm³/mol. The van der Waals surface area contributed by atoms with E-state index in [4.69, 9.17) is 24.2 Å². The Balaban J connectivity index is 0.00000103. The minimum Gasteiger partial charge on any atom is -0.495 e. The van der Waals surface area contributed by atoms with Gasteiger partial charge in [-0.3, -0.25) is 19.2 Å². The van der Waals surface area contributed by atoms with Crippen LogP contribution in [0.15, 0.2) is 53.2 Å². The zero-order chi connectivity index (χ0) is 33.7. The summed E-state index contributed by atoms with van der Waals surface area (Å²) >= 11 is 0. The van der Waals surface area contributed by atoms with Gasteiger partial charge in [-0.05, 0) is 62.3 Å². The summed E-state index contributed by atoms with van der Waals surface area (Å²) in [5, 5.41) is 25.4. The van der Waals surface area contributed by atoms with Crippen molar-refractivity contribution >= 4 is 62.9 Å². The van der Waals surface area contributed by atoms with E-state index in [1.807, 2.05) is 10.7 Å². The lowest BCUT2D eigenvalue weighted by molar-refractivity contribution is -0.134. The molecule has 5 aromatic rings. The third-order valence-corrected chi connectivity index (χ3v) is 7.22. The van der Waals surface area contributed by atoms with Gasteiger partial charge in [-0.1, -0.05) is 6.07 Å². The van der Waals surface area contributed by atoms with Crippen LogP contribution in [0.5, 0.6) is 5.75 Å². The molecule has 0 bridgehead atoms. The van der Waals surface area contributed by atoms with Crippen LogP contribution >= 0.6 is 0 Å². The Morgan fingerprint density at radius 3 is 2.36 bits per heavy atom. The molecule has 3 aromatic heterocycles. The molecular weight excluding hydrogens is 608 g/mol. The van der Waals surface area contributed by atoms with E-state index in [2.05, 4.69) is 31.2 Å². The van der Waals surface area contributed by atoms with E-state index >= 15 is 0 Å². The molecule has 0 radical (unpaired) electrons. The molecule has 5 N–H and O–H groups in total. The number of carboxylic acids is 1. The van der Waals surface area contributed by atoms with Crippen molar-refractivity contribution < 1.29 is 33.4 Å². The first-order valence-corrected chi connectivity index (χ1v) is 14.8. The summed E-state index contributed by atoms with van der Waals surface area (Å²) in [7, 11) is 1.51. The summed E-state index contributed by atoms with van der Waals surface area (Å²) in [6.45, 7) is 5.68. The summed E-state index contributed by atoms with van der Waals surface area (Å²) in [5.74, 6) is -0.877. The van der Waals surface area contributed by atoms with Crippen LogP contribution in [-0.4, -0.2) is 68.7 Å². The zero-order valence-corrected chi connectivity index (χ0v) is 26.2. The van der Waals surface area contributed by atoms with Gasteiger partial charge in [-0.25, -0.2) is 14.6 Å². The standard InChI is InChI=1S/C30H30N8O5.C2H4O2/c1-16(39)34-20-5-7-23-19(12-20)14-25(43-23)30(41)36-22-6-4-18(13-24(22)42-3)27-26-28(35-17(2)40)32-15-33-29(26)38(37-27)21-8-10-31-11-9-21;1-2(3)4/h4-7,12-15,21,31H,8-11H2,1-3H3,(H,34,39)(H,36,41)(H,32,33,35,40);1H3,(H,3,4). The third kappa shape index (κ3) is 7.53. The van der Waals surface area contributed by atoms with Gasteiger partial charge >= 0.3 is 0 Å². The molecule has 15 nitrogen and oxygen atoms in total. The number of methoxy groups -OCH3 is 1. The van der Waals surface area contributed by atoms with Gasteiger partial charge in [-0.15, -0.1) is 0 Å². The lowest BCUT2D eigenvalue weighted by Gasteiger charge is -2.23. The van der Waals surface area contributed by atoms with E-state index in [0.29, 0.717) is 56.2 Å². The van der Waals surface area contributed by atoms with Crippen LogP contribution in [0.25, 0.3) is 33.3 Å². The Kier molecular flexibility index (Phi) is 9.75. The number of rotatable bonds is 7. The Labute approximate surface area is 268 Å². The predicted octanol–water partition coefficient (Wildman–Crippen LogP) is 4.43. The third-order valence-electron chi connectivity index (χ3n) is 7.22. The number of fused-ring (bicyclic) bond motifs is 2. The van der Waals surface area contributed by atoms with Crippen molar-refractivity contribution in [2.24, 2.45) is 0 Å². The number of furan rings is 1. The van der Waals surface area contributed by atoms with Gasteiger partial charge in [0.2, 0.25) is 11.8 Å². The van der Waals surface area contributed by atoms with Gasteiger partial charge in [0.1, 0.15) is 29.2 Å². The highest BCUT2D eigenvalue weighted by molar-refractivity contribution is 6.07. The van der Waals surface area contributed by atoms with E-state index < -0.39 is 11.9 Å². The number of benzene rings is 2. The maximum Gasteiger partial charge on any atom is 0.300 e. The van der Waals surface area contributed by atoms with Crippen LogP contribution in [0.3, 0.4) is 0 Å². The molecule has 0 unspecified atom stereocenters. The summed E-state index contributed by atoms with van der Waals surface area (Å²) in [4.78, 5) is 54.4. The summed E-state index contributed by atoms with van der Waals surface area (Å²) in [5.41, 5.74) is 3.45. The number of ether oxygens (including phenoxy) is 1. The van der Waals surface area contributed by atoms with Gasteiger partial charge < -0.3 is 35.5 Å². The van der Waals surface area contributed by atoms with Crippen LogP contribution in [0.1, 0.15) is 50.2 Å². The largest absolute Gasteiger partial charge is 0.495 e. The minimum atomic E-state index is -0.833. The fraction of sp³-hybridized carbons (Fsp3) is 0.281. The van der Waals surface area contributed by atoms with Crippen LogP contribution in [0, 0.1) is 0 Å².